The van der Waals surface area contributed by atoms with Gasteiger partial charge in [-0.2, -0.15) is 0 Å². The monoisotopic (exact) mass is 401 g/mol. The zero-order valence-corrected chi connectivity index (χ0v) is 12.9. The van der Waals surface area contributed by atoms with Gasteiger partial charge in [0.15, 0.2) is 0 Å². The van der Waals surface area contributed by atoms with Gasteiger partial charge in [-0.1, -0.05) is 0 Å². The average molecular weight is 401 g/mol. The number of aliphatic carboxylic acids is 1. The van der Waals surface area contributed by atoms with E-state index < -0.39 is 17.9 Å². The van der Waals surface area contributed by atoms with Crippen molar-refractivity contribution in [1.29, 1.82) is 0 Å². The van der Waals surface area contributed by atoms with E-state index in [2.05, 4.69) is 15.3 Å². The zero-order valence-electron chi connectivity index (χ0n) is 10.7. The van der Waals surface area contributed by atoms with Gasteiger partial charge in [0.25, 0.3) is 5.91 Å². The van der Waals surface area contributed by atoms with Gasteiger partial charge < -0.3 is 20.5 Å². The summed E-state index contributed by atoms with van der Waals surface area (Å²) < 4.78 is 0.760. The van der Waals surface area contributed by atoms with Crippen molar-refractivity contribution in [3.05, 3.63) is 45.6 Å². The Labute approximate surface area is 133 Å². The summed E-state index contributed by atoms with van der Waals surface area (Å²) in [5.74, 6) is -2.00. The fraction of sp³-hybridized carbons (Fsp3) is 0.154. The van der Waals surface area contributed by atoms with Crippen molar-refractivity contribution in [1.82, 2.24) is 15.3 Å². The highest BCUT2D eigenvalue weighted by molar-refractivity contribution is 14.1. The van der Waals surface area contributed by atoms with Gasteiger partial charge in [0, 0.05) is 21.9 Å². The first-order valence-electron chi connectivity index (χ1n) is 5.97. The topological polar surface area (TPSA) is 115 Å². The van der Waals surface area contributed by atoms with Gasteiger partial charge in [0.05, 0.1) is 11.9 Å². The maximum Gasteiger partial charge on any atom is 0.326 e. The minimum Gasteiger partial charge on any atom is -0.507 e. The van der Waals surface area contributed by atoms with Crippen LogP contribution in [0.1, 0.15) is 16.1 Å². The molecular formula is C13H12IN3O4. The molecule has 1 aromatic carbocycles. The second-order valence-electron chi connectivity index (χ2n) is 4.31. The van der Waals surface area contributed by atoms with Crippen molar-refractivity contribution in [2.24, 2.45) is 0 Å². The number of nitrogens with one attached hydrogen (secondary N) is 2. The number of rotatable bonds is 5. The molecule has 1 atom stereocenters. The van der Waals surface area contributed by atoms with Gasteiger partial charge in [-0.25, -0.2) is 9.78 Å². The van der Waals surface area contributed by atoms with E-state index in [1.54, 1.807) is 6.07 Å². The quantitative estimate of drug-likeness (QED) is 0.561. The number of hydrogen-bond donors (Lipinski definition) is 4. The van der Waals surface area contributed by atoms with Gasteiger partial charge in [-0.15, -0.1) is 0 Å². The number of hydrogen-bond acceptors (Lipinski definition) is 4. The number of phenolic OH excluding ortho intramolecular Hbond substituents is 1. The highest BCUT2D eigenvalue weighted by Gasteiger charge is 2.23. The van der Waals surface area contributed by atoms with Crippen LogP contribution in [0.4, 0.5) is 0 Å². The molecule has 0 fully saturated rings. The first kappa shape index (κ1) is 15.3. The Morgan fingerprint density at radius 3 is 2.81 bits per heavy atom. The maximum absolute atomic E-state index is 12.1. The van der Waals surface area contributed by atoms with Crippen LogP contribution in [0.3, 0.4) is 0 Å². The largest absolute Gasteiger partial charge is 0.507 e. The minimum atomic E-state index is -1.16. The van der Waals surface area contributed by atoms with E-state index >= 15 is 0 Å². The van der Waals surface area contributed by atoms with Crippen LogP contribution in [-0.2, 0) is 11.2 Å². The molecule has 110 valence electrons. The fourth-order valence-electron chi connectivity index (χ4n) is 1.74. The summed E-state index contributed by atoms with van der Waals surface area (Å²) in [6.07, 6.45) is 3.00. The second kappa shape index (κ2) is 6.57. The third-order valence-electron chi connectivity index (χ3n) is 2.79. The second-order valence-corrected chi connectivity index (χ2v) is 5.55. The Hall–Kier alpha value is -2.10. The lowest BCUT2D eigenvalue weighted by molar-refractivity contribution is -0.139. The Balaban J connectivity index is 2.14. The lowest BCUT2D eigenvalue weighted by Gasteiger charge is -2.14. The van der Waals surface area contributed by atoms with Crippen LogP contribution in [-0.4, -0.2) is 38.1 Å². The number of amides is 1. The van der Waals surface area contributed by atoms with Crippen molar-refractivity contribution in [2.45, 2.75) is 12.5 Å². The number of imidazole rings is 1. The Bertz CT molecular complexity index is 657. The molecule has 0 aliphatic rings. The summed E-state index contributed by atoms with van der Waals surface area (Å²) in [7, 11) is 0. The standard InChI is InChI=1S/C13H12IN3O4/c14-7-1-2-11(18)9(3-7)12(19)17-10(13(20)21)4-8-5-15-6-16-8/h1-3,5-6,10,18H,4H2,(H,15,16)(H,17,19)(H,20,21)/t10-/m0/s1. The molecule has 7 nitrogen and oxygen atoms in total. The number of nitrogens with zero attached hydrogens (tertiary/aromatic N) is 1. The lowest BCUT2D eigenvalue weighted by atomic mass is 10.1. The van der Waals surface area contributed by atoms with Crippen molar-refractivity contribution in [3.8, 4) is 5.75 Å². The summed E-state index contributed by atoms with van der Waals surface area (Å²) >= 11 is 2.00. The van der Waals surface area contributed by atoms with Crippen LogP contribution in [0.2, 0.25) is 0 Å². The highest BCUT2D eigenvalue weighted by atomic mass is 127. The molecule has 1 aromatic heterocycles. The number of carboxylic acid groups (broad SMARTS) is 1. The molecule has 0 bridgehead atoms. The summed E-state index contributed by atoms with van der Waals surface area (Å²) in [6, 6.07) is 3.41. The molecule has 0 saturated carbocycles. The van der Waals surface area contributed by atoms with E-state index in [0.717, 1.165) is 3.57 Å². The number of aromatic amines is 1. The third-order valence-corrected chi connectivity index (χ3v) is 3.46. The molecule has 0 aliphatic carbocycles. The number of aromatic hydroxyl groups is 1. The maximum atomic E-state index is 12.1. The summed E-state index contributed by atoms with van der Waals surface area (Å²) in [5, 5.41) is 21.3. The van der Waals surface area contributed by atoms with Crippen molar-refractivity contribution in [3.63, 3.8) is 0 Å². The first-order valence-corrected chi connectivity index (χ1v) is 7.04. The van der Waals surface area contributed by atoms with Crippen molar-refractivity contribution < 1.29 is 19.8 Å². The molecule has 0 saturated heterocycles. The van der Waals surface area contributed by atoms with Gasteiger partial charge in [-0.05, 0) is 40.8 Å². The summed E-state index contributed by atoms with van der Waals surface area (Å²) in [6.45, 7) is 0. The predicted molar refractivity (Wildman–Crippen MR) is 82.0 cm³/mol. The van der Waals surface area contributed by atoms with Gasteiger partial charge in [0.2, 0.25) is 0 Å². The molecule has 1 amide bonds. The normalized spacial score (nSPS) is 11.9. The van der Waals surface area contributed by atoms with E-state index in [1.807, 2.05) is 22.6 Å². The molecule has 2 aromatic rings. The van der Waals surface area contributed by atoms with Crippen LogP contribution in [0.5, 0.6) is 5.75 Å². The van der Waals surface area contributed by atoms with Gasteiger partial charge in [-0.3, -0.25) is 4.79 Å². The number of phenols is 1. The molecule has 8 heteroatoms. The number of carbonyl (C=O) groups excluding carboxylic acids is 1. The van der Waals surface area contributed by atoms with Crippen LogP contribution >= 0.6 is 22.6 Å². The molecule has 21 heavy (non-hydrogen) atoms. The summed E-state index contributed by atoms with van der Waals surface area (Å²) in [5.41, 5.74) is 0.632. The molecular weight excluding hydrogens is 389 g/mol. The molecule has 0 aliphatic heterocycles. The smallest absolute Gasteiger partial charge is 0.326 e. The number of aromatic nitrogens is 2. The first-order chi connectivity index (χ1) is 9.97. The molecule has 4 N–H and O–H groups in total. The average Bonchev–Trinajstić information content (AvgIpc) is 2.93. The number of carboxylic acids is 1. The van der Waals surface area contributed by atoms with E-state index in [4.69, 9.17) is 0 Å². The predicted octanol–water partition coefficient (Wildman–Crippen LogP) is 1.15. The molecule has 0 radical (unpaired) electrons. The zero-order chi connectivity index (χ0) is 15.4. The van der Waals surface area contributed by atoms with E-state index in [9.17, 15) is 19.8 Å². The van der Waals surface area contributed by atoms with Crippen molar-refractivity contribution in [2.75, 3.05) is 0 Å². The van der Waals surface area contributed by atoms with Crippen LogP contribution in [0, 0.1) is 3.57 Å². The summed E-state index contributed by atoms with van der Waals surface area (Å²) in [4.78, 5) is 29.9. The lowest BCUT2D eigenvalue weighted by Crippen LogP contribution is -2.42. The van der Waals surface area contributed by atoms with Gasteiger partial charge >= 0.3 is 5.97 Å². The minimum absolute atomic E-state index is 0.0396. The highest BCUT2D eigenvalue weighted by Crippen LogP contribution is 2.19. The SMILES string of the molecule is O=C(N[C@@H](Cc1cnc[nH]1)C(=O)O)c1cc(I)ccc1O. The Morgan fingerprint density at radius 2 is 2.19 bits per heavy atom. The number of carbonyl (C=O) groups is 2. The van der Waals surface area contributed by atoms with E-state index in [1.165, 1.54) is 24.7 Å². The molecule has 1 heterocycles. The van der Waals surface area contributed by atoms with Gasteiger partial charge in [0.1, 0.15) is 11.8 Å². The molecule has 0 spiro atoms. The fourth-order valence-corrected chi connectivity index (χ4v) is 2.23. The third kappa shape index (κ3) is 3.94. The number of halogens is 1. The van der Waals surface area contributed by atoms with Crippen molar-refractivity contribution >= 4 is 34.5 Å². The Kier molecular flexibility index (Phi) is 4.78. The van der Waals surface area contributed by atoms with E-state index in [0.29, 0.717) is 5.69 Å². The van der Waals surface area contributed by atoms with Crippen LogP contribution in [0.15, 0.2) is 30.7 Å². The molecule has 0 unspecified atom stereocenters. The number of benzene rings is 1. The van der Waals surface area contributed by atoms with E-state index in [-0.39, 0.29) is 17.7 Å². The van der Waals surface area contributed by atoms with Crippen LogP contribution in [0.25, 0.3) is 0 Å². The Morgan fingerprint density at radius 1 is 1.43 bits per heavy atom. The molecule has 2 rings (SSSR count). The van der Waals surface area contributed by atoms with Crippen LogP contribution < -0.4 is 5.32 Å². The number of H-pyrrole nitrogens is 1.